The molecule has 2 aromatic rings. The maximum absolute atomic E-state index is 10.7. The summed E-state index contributed by atoms with van der Waals surface area (Å²) < 4.78 is 0. The van der Waals surface area contributed by atoms with Crippen molar-refractivity contribution in [3.8, 4) is 0 Å². The Hall–Kier alpha value is -2.82. The van der Waals surface area contributed by atoms with Crippen LogP contribution in [0.1, 0.15) is 63.8 Å². The molecule has 0 saturated heterocycles. The molecule has 0 saturated carbocycles. The molecule has 0 aromatic heterocycles. The average Bonchev–Trinajstić information content (AvgIpc) is 2.60. The zero-order chi connectivity index (χ0) is 21.4. The summed E-state index contributed by atoms with van der Waals surface area (Å²) in [6, 6.07) is 13.6. The first-order valence-corrected chi connectivity index (χ1v) is 9.96. The predicted molar refractivity (Wildman–Crippen MR) is 120 cm³/mol. The summed E-state index contributed by atoms with van der Waals surface area (Å²) in [5.74, 6) is 0. The van der Waals surface area contributed by atoms with Gasteiger partial charge in [-0.3, -0.25) is 20.1 Å². The van der Waals surface area contributed by atoms with Crippen molar-refractivity contribution >= 4 is 17.1 Å². The summed E-state index contributed by atoms with van der Waals surface area (Å²) in [7, 11) is 0. The van der Waals surface area contributed by atoms with Crippen LogP contribution in [0.2, 0.25) is 0 Å². The van der Waals surface area contributed by atoms with Gasteiger partial charge in [0.25, 0.3) is 5.69 Å². The van der Waals surface area contributed by atoms with Crippen LogP contribution in [0.3, 0.4) is 0 Å². The summed E-state index contributed by atoms with van der Waals surface area (Å²) in [6.45, 7) is 12.5. The van der Waals surface area contributed by atoms with E-state index in [1.54, 1.807) is 12.1 Å². The summed E-state index contributed by atoms with van der Waals surface area (Å²) in [4.78, 5) is 19.5. The summed E-state index contributed by atoms with van der Waals surface area (Å²) in [5.41, 5.74) is 6.97. The lowest BCUT2D eigenvalue weighted by Crippen LogP contribution is -2.27. The van der Waals surface area contributed by atoms with Gasteiger partial charge in [-0.15, -0.1) is 0 Å². The van der Waals surface area contributed by atoms with E-state index < -0.39 is 0 Å². The third-order valence-corrected chi connectivity index (χ3v) is 5.29. The number of nitrogens with zero attached hydrogens (tertiary/aromatic N) is 3. The molecule has 152 valence electrons. The SMILES string of the molecule is CC1=NC(C)(C)Cc2ccc([N+](=O)[O-])cc21.CC1=NC(C)(C)Cc2ccccc21. The predicted octanol–water partition coefficient (Wildman–Crippen LogP) is 5.57. The van der Waals surface area contributed by atoms with Crippen LogP contribution in [0.25, 0.3) is 0 Å². The Morgan fingerprint density at radius 3 is 1.93 bits per heavy atom. The molecule has 2 aliphatic heterocycles. The minimum atomic E-state index is -0.368. The van der Waals surface area contributed by atoms with Crippen molar-refractivity contribution in [1.82, 2.24) is 0 Å². The van der Waals surface area contributed by atoms with Crippen molar-refractivity contribution in [3.05, 3.63) is 74.8 Å². The van der Waals surface area contributed by atoms with Gasteiger partial charge in [-0.05, 0) is 71.1 Å². The molecule has 0 aliphatic carbocycles. The van der Waals surface area contributed by atoms with Crippen LogP contribution >= 0.6 is 0 Å². The number of fused-ring (bicyclic) bond motifs is 2. The van der Waals surface area contributed by atoms with Crippen LogP contribution in [-0.4, -0.2) is 27.4 Å². The van der Waals surface area contributed by atoms with E-state index in [-0.39, 0.29) is 21.7 Å². The van der Waals surface area contributed by atoms with E-state index >= 15 is 0 Å². The first kappa shape index (κ1) is 20.9. The van der Waals surface area contributed by atoms with Gasteiger partial charge < -0.3 is 0 Å². The van der Waals surface area contributed by atoms with E-state index in [4.69, 9.17) is 0 Å². The number of aliphatic imine (C=N–C) groups is 2. The first-order chi connectivity index (χ1) is 13.5. The summed E-state index contributed by atoms with van der Waals surface area (Å²) in [5, 5.41) is 10.7. The quantitative estimate of drug-likeness (QED) is 0.471. The monoisotopic (exact) mass is 391 g/mol. The average molecular weight is 392 g/mol. The second kappa shape index (κ2) is 7.54. The summed E-state index contributed by atoms with van der Waals surface area (Å²) >= 11 is 0. The Bertz CT molecular complexity index is 1020. The second-order valence-corrected chi connectivity index (χ2v) is 9.13. The molecule has 0 atom stereocenters. The Balaban J connectivity index is 0.000000169. The highest BCUT2D eigenvalue weighted by atomic mass is 16.6. The third-order valence-electron chi connectivity index (χ3n) is 5.29. The number of nitro groups is 1. The van der Waals surface area contributed by atoms with Gasteiger partial charge in [-0.25, -0.2) is 0 Å². The molecule has 0 N–H and O–H groups in total. The molecule has 5 heteroatoms. The van der Waals surface area contributed by atoms with Gasteiger partial charge >= 0.3 is 0 Å². The smallest absolute Gasteiger partial charge is 0.270 e. The fourth-order valence-electron chi connectivity index (χ4n) is 4.24. The van der Waals surface area contributed by atoms with E-state index in [0.717, 1.165) is 29.7 Å². The molecular formula is C24H29N3O2. The van der Waals surface area contributed by atoms with Crippen LogP contribution in [-0.2, 0) is 12.8 Å². The molecule has 0 fully saturated rings. The van der Waals surface area contributed by atoms with Gasteiger partial charge in [0.2, 0.25) is 0 Å². The van der Waals surface area contributed by atoms with Gasteiger partial charge in [0.05, 0.1) is 16.0 Å². The fraction of sp³-hybridized carbons (Fsp3) is 0.417. The molecule has 0 radical (unpaired) electrons. The number of hydrogen-bond donors (Lipinski definition) is 0. The Morgan fingerprint density at radius 1 is 0.828 bits per heavy atom. The van der Waals surface area contributed by atoms with E-state index in [0.29, 0.717) is 0 Å². The number of hydrogen-bond acceptors (Lipinski definition) is 4. The highest BCUT2D eigenvalue weighted by Crippen LogP contribution is 2.29. The molecule has 2 heterocycles. The van der Waals surface area contributed by atoms with E-state index in [1.165, 1.54) is 16.8 Å². The molecule has 5 nitrogen and oxygen atoms in total. The molecule has 2 aliphatic rings. The second-order valence-electron chi connectivity index (χ2n) is 9.13. The first-order valence-electron chi connectivity index (χ1n) is 9.96. The molecule has 0 amide bonds. The Kier molecular flexibility index (Phi) is 5.44. The minimum Gasteiger partial charge on any atom is -0.283 e. The Morgan fingerprint density at radius 2 is 1.34 bits per heavy atom. The third kappa shape index (κ3) is 4.78. The van der Waals surface area contributed by atoms with E-state index in [2.05, 4.69) is 68.9 Å². The molecule has 0 unspecified atom stereocenters. The van der Waals surface area contributed by atoms with Gasteiger partial charge in [0, 0.05) is 29.1 Å². The fourth-order valence-corrected chi connectivity index (χ4v) is 4.24. The van der Waals surface area contributed by atoms with Crippen molar-refractivity contribution in [1.29, 1.82) is 0 Å². The van der Waals surface area contributed by atoms with Crippen LogP contribution in [0.4, 0.5) is 5.69 Å². The molecular weight excluding hydrogens is 362 g/mol. The van der Waals surface area contributed by atoms with Crippen molar-refractivity contribution < 1.29 is 4.92 Å². The van der Waals surface area contributed by atoms with E-state index in [1.807, 2.05) is 13.0 Å². The maximum Gasteiger partial charge on any atom is 0.270 e. The van der Waals surface area contributed by atoms with Crippen molar-refractivity contribution in [2.75, 3.05) is 0 Å². The highest BCUT2D eigenvalue weighted by molar-refractivity contribution is 6.02. The van der Waals surface area contributed by atoms with Gasteiger partial charge in [0.15, 0.2) is 0 Å². The lowest BCUT2D eigenvalue weighted by Gasteiger charge is -2.27. The topological polar surface area (TPSA) is 67.9 Å². The van der Waals surface area contributed by atoms with Crippen molar-refractivity contribution in [2.45, 2.75) is 65.5 Å². The van der Waals surface area contributed by atoms with Gasteiger partial charge in [-0.1, -0.05) is 30.3 Å². The Labute approximate surface area is 172 Å². The van der Waals surface area contributed by atoms with Crippen molar-refractivity contribution in [2.24, 2.45) is 9.98 Å². The largest absolute Gasteiger partial charge is 0.283 e. The van der Waals surface area contributed by atoms with Gasteiger partial charge in [-0.2, -0.15) is 0 Å². The number of rotatable bonds is 1. The minimum absolute atomic E-state index is 0.0818. The van der Waals surface area contributed by atoms with Crippen LogP contribution in [0.15, 0.2) is 52.4 Å². The number of non-ortho nitro benzene ring substituents is 1. The normalized spacial score (nSPS) is 18.3. The molecule has 4 rings (SSSR count). The van der Waals surface area contributed by atoms with Crippen LogP contribution in [0, 0.1) is 10.1 Å². The zero-order valence-corrected chi connectivity index (χ0v) is 18.1. The van der Waals surface area contributed by atoms with Crippen molar-refractivity contribution in [3.63, 3.8) is 0 Å². The molecule has 0 bridgehead atoms. The van der Waals surface area contributed by atoms with Gasteiger partial charge in [0.1, 0.15) is 0 Å². The zero-order valence-electron chi connectivity index (χ0n) is 18.1. The standard InChI is InChI=1S/C12H14N2O2.C12H15N/c1-8-11-6-10(14(15)16)5-4-9(11)7-12(2,3)13-8;1-9-11-7-5-4-6-10(11)8-12(2,3)13-9/h4-6H,7H2,1-3H3;4-7H,8H2,1-3H3. The molecule has 0 spiro atoms. The van der Waals surface area contributed by atoms with Crippen LogP contribution < -0.4 is 0 Å². The molecule has 2 aromatic carbocycles. The lowest BCUT2D eigenvalue weighted by molar-refractivity contribution is -0.384. The summed E-state index contributed by atoms with van der Waals surface area (Å²) in [6.07, 6.45) is 1.89. The maximum atomic E-state index is 10.7. The van der Waals surface area contributed by atoms with E-state index in [9.17, 15) is 10.1 Å². The number of benzene rings is 2. The molecule has 29 heavy (non-hydrogen) atoms. The highest BCUT2D eigenvalue weighted by Gasteiger charge is 2.26. The lowest BCUT2D eigenvalue weighted by atomic mass is 9.87. The van der Waals surface area contributed by atoms with Crippen LogP contribution in [0.5, 0.6) is 0 Å². The number of nitro benzene ring substituents is 1.